The Labute approximate surface area is 178 Å². The molecule has 30 heavy (non-hydrogen) atoms. The van der Waals surface area contributed by atoms with Gasteiger partial charge in [0, 0.05) is 38.1 Å². The van der Waals surface area contributed by atoms with Crippen molar-refractivity contribution >= 4 is 22.1 Å². The van der Waals surface area contributed by atoms with Crippen molar-refractivity contribution in [3.63, 3.8) is 0 Å². The lowest BCUT2D eigenvalue weighted by atomic mass is 10.2. The van der Waals surface area contributed by atoms with Crippen LogP contribution in [-0.2, 0) is 30.8 Å². The fraction of sp³-hybridized carbons (Fsp3) is 0.409. The molecule has 0 amide bonds. The highest BCUT2D eigenvalue weighted by molar-refractivity contribution is 7.90. The van der Waals surface area contributed by atoms with Crippen LogP contribution in [0, 0.1) is 0 Å². The van der Waals surface area contributed by atoms with Crippen LogP contribution in [-0.4, -0.2) is 55.2 Å². The highest BCUT2D eigenvalue weighted by Crippen LogP contribution is 2.18. The summed E-state index contributed by atoms with van der Waals surface area (Å²) in [6.45, 7) is 9.34. The number of hydrogen-bond acceptors (Lipinski definition) is 6. The lowest BCUT2D eigenvalue weighted by Crippen LogP contribution is -2.35. The molecule has 162 valence electrons. The summed E-state index contributed by atoms with van der Waals surface area (Å²) in [4.78, 5) is 14.3. The summed E-state index contributed by atoms with van der Waals surface area (Å²) in [7, 11) is -3.70. The Balaban J connectivity index is 1.67. The highest BCUT2D eigenvalue weighted by atomic mass is 32.2. The lowest BCUT2D eigenvalue weighted by Gasteiger charge is -2.26. The molecular weight excluding hydrogens is 404 g/mol. The van der Waals surface area contributed by atoms with Gasteiger partial charge in [0.25, 0.3) is 10.0 Å². The van der Waals surface area contributed by atoms with Crippen LogP contribution in [0.3, 0.4) is 0 Å². The number of esters is 1. The second kappa shape index (κ2) is 9.16. The fourth-order valence-corrected chi connectivity index (χ4v) is 4.25. The number of ether oxygens (including phenoxy) is 2. The standard InChI is InChI=1S/C22H28N2O5S/c1-22(2,3)29-21(25)9-6-19-10-11-24(17-19)30(26,27)20-7-4-18(5-8-20)16-23-12-14-28-15-13-23/h4-11,17H,12-16H2,1-3H3. The summed E-state index contributed by atoms with van der Waals surface area (Å²) >= 11 is 0. The number of carbonyl (C=O) groups is 1. The molecule has 8 heteroatoms. The van der Waals surface area contributed by atoms with E-state index in [1.807, 2.05) is 12.1 Å². The molecule has 1 fully saturated rings. The first kappa shape index (κ1) is 22.3. The number of aromatic nitrogens is 1. The van der Waals surface area contributed by atoms with Gasteiger partial charge in [0.2, 0.25) is 0 Å². The average Bonchev–Trinajstić information content (AvgIpc) is 3.16. The molecule has 1 aliphatic rings. The van der Waals surface area contributed by atoms with Gasteiger partial charge in [-0.3, -0.25) is 4.90 Å². The van der Waals surface area contributed by atoms with Crippen molar-refractivity contribution in [2.75, 3.05) is 26.3 Å². The second-order valence-corrected chi connectivity index (χ2v) is 10.0. The zero-order valence-corrected chi connectivity index (χ0v) is 18.4. The normalized spacial score (nSPS) is 16.1. The van der Waals surface area contributed by atoms with Gasteiger partial charge < -0.3 is 9.47 Å². The molecule has 0 saturated carbocycles. The zero-order chi connectivity index (χ0) is 21.8. The average molecular weight is 433 g/mol. The summed E-state index contributed by atoms with van der Waals surface area (Å²) in [6.07, 6.45) is 5.76. The maximum atomic E-state index is 12.9. The van der Waals surface area contributed by atoms with Crippen molar-refractivity contribution in [2.24, 2.45) is 0 Å². The Morgan fingerprint density at radius 2 is 1.80 bits per heavy atom. The van der Waals surface area contributed by atoms with E-state index < -0.39 is 21.6 Å². The Morgan fingerprint density at radius 3 is 2.43 bits per heavy atom. The van der Waals surface area contributed by atoms with Crippen LogP contribution in [0.4, 0.5) is 0 Å². The molecule has 0 atom stereocenters. The van der Waals surface area contributed by atoms with Crippen molar-refractivity contribution in [3.05, 3.63) is 59.9 Å². The Kier molecular flexibility index (Phi) is 6.80. The summed E-state index contributed by atoms with van der Waals surface area (Å²) in [5.74, 6) is -0.478. The molecule has 0 bridgehead atoms. The molecule has 7 nitrogen and oxygen atoms in total. The molecule has 2 aromatic rings. The Hall–Kier alpha value is -2.42. The molecule has 0 aliphatic carbocycles. The van der Waals surface area contributed by atoms with E-state index in [1.165, 1.54) is 24.5 Å². The van der Waals surface area contributed by atoms with E-state index in [2.05, 4.69) is 4.90 Å². The molecular formula is C22H28N2O5S. The van der Waals surface area contributed by atoms with Gasteiger partial charge in [0.05, 0.1) is 18.1 Å². The van der Waals surface area contributed by atoms with Crippen LogP contribution in [0.1, 0.15) is 31.9 Å². The van der Waals surface area contributed by atoms with E-state index in [4.69, 9.17) is 9.47 Å². The number of carbonyl (C=O) groups excluding carboxylic acids is 1. The second-order valence-electron chi connectivity index (χ2n) is 8.18. The topological polar surface area (TPSA) is 77.8 Å². The summed E-state index contributed by atoms with van der Waals surface area (Å²) in [5, 5.41) is 0. The molecule has 0 radical (unpaired) electrons. The van der Waals surface area contributed by atoms with Crippen molar-refractivity contribution in [1.82, 2.24) is 8.87 Å². The van der Waals surface area contributed by atoms with Gasteiger partial charge in [-0.1, -0.05) is 12.1 Å². The predicted molar refractivity (Wildman–Crippen MR) is 114 cm³/mol. The molecule has 3 rings (SSSR count). The van der Waals surface area contributed by atoms with Crippen molar-refractivity contribution in [3.8, 4) is 0 Å². The maximum Gasteiger partial charge on any atom is 0.331 e. The van der Waals surface area contributed by atoms with Crippen LogP contribution in [0.2, 0.25) is 0 Å². The van der Waals surface area contributed by atoms with E-state index in [0.29, 0.717) is 5.56 Å². The Morgan fingerprint density at radius 1 is 1.13 bits per heavy atom. The number of rotatable bonds is 6. The molecule has 1 aliphatic heterocycles. The van der Waals surface area contributed by atoms with Crippen LogP contribution in [0.25, 0.3) is 6.08 Å². The maximum absolute atomic E-state index is 12.9. The van der Waals surface area contributed by atoms with Crippen LogP contribution in [0.15, 0.2) is 53.7 Å². The van der Waals surface area contributed by atoms with Gasteiger partial charge in [0.1, 0.15) is 5.60 Å². The lowest BCUT2D eigenvalue weighted by molar-refractivity contribution is -0.148. The fourth-order valence-electron chi connectivity index (χ4n) is 3.05. The van der Waals surface area contributed by atoms with E-state index in [-0.39, 0.29) is 4.90 Å². The quantitative estimate of drug-likeness (QED) is 0.516. The number of morpholine rings is 1. The Bertz CT molecular complexity index is 995. The van der Waals surface area contributed by atoms with Crippen LogP contribution >= 0.6 is 0 Å². The molecule has 1 aromatic carbocycles. The van der Waals surface area contributed by atoms with Crippen molar-refractivity contribution in [1.29, 1.82) is 0 Å². The minimum absolute atomic E-state index is 0.214. The number of benzene rings is 1. The highest BCUT2D eigenvalue weighted by Gasteiger charge is 2.18. The molecule has 2 heterocycles. The van der Waals surface area contributed by atoms with E-state index in [0.717, 1.165) is 42.4 Å². The van der Waals surface area contributed by atoms with Gasteiger partial charge in [-0.05, 0) is 56.2 Å². The molecule has 1 aromatic heterocycles. The third kappa shape index (κ3) is 6.04. The van der Waals surface area contributed by atoms with E-state index in [1.54, 1.807) is 39.0 Å². The number of nitrogens with zero attached hydrogens (tertiary/aromatic N) is 2. The number of hydrogen-bond donors (Lipinski definition) is 0. The minimum atomic E-state index is -3.70. The van der Waals surface area contributed by atoms with Crippen molar-refractivity contribution in [2.45, 2.75) is 37.8 Å². The largest absolute Gasteiger partial charge is 0.457 e. The first-order chi connectivity index (χ1) is 14.1. The third-order valence-corrected chi connectivity index (χ3v) is 6.17. The summed E-state index contributed by atoms with van der Waals surface area (Å²) in [5.41, 5.74) is 1.07. The predicted octanol–water partition coefficient (Wildman–Crippen LogP) is 2.91. The molecule has 0 spiro atoms. The van der Waals surface area contributed by atoms with Crippen molar-refractivity contribution < 1.29 is 22.7 Å². The summed E-state index contributed by atoms with van der Waals surface area (Å²) in [6, 6.07) is 8.57. The van der Waals surface area contributed by atoms with Crippen LogP contribution < -0.4 is 0 Å². The smallest absolute Gasteiger partial charge is 0.331 e. The summed E-state index contributed by atoms with van der Waals surface area (Å²) < 4.78 is 37.5. The first-order valence-electron chi connectivity index (χ1n) is 9.87. The van der Waals surface area contributed by atoms with E-state index in [9.17, 15) is 13.2 Å². The monoisotopic (exact) mass is 432 g/mol. The minimum Gasteiger partial charge on any atom is -0.457 e. The first-order valence-corrected chi connectivity index (χ1v) is 11.3. The van der Waals surface area contributed by atoms with Gasteiger partial charge in [0.15, 0.2) is 0 Å². The van der Waals surface area contributed by atoms with Gasteiger partial charge in [-0.2, -0.15) is 0 Å². The van der Waals surface area contributed by atoms with Gasteiger partial charge in [-0.25, -0.2) is 17.2 Å². The SMILES string of the molecule is CC(C)(C)OC(=O)C=Cc1ccn(S(=O)(=O)c2ccc(CN3CCOCC3)cc2)c1. The van der Waals surface area contributed by atoms with Gasteiger partial charge in [-0.15, -0.1) is 0 Å². The third-order valence-electron chi connectivity index (χ3n) is 4.52. The van der Waals surface area contributed by atoms with Gasteiger partial charge >= 0.3 is 5.97 Å². The zero-order valence-electron chi connectivity index (χ0n) is 17.6. The molecule has 1 saturated heterocycles. The molecule has 0 unspecified atom stereocenters. The van der Waals surface area contributed by atoms with E-state index >= 15 is 0 Å². The molecule has 0 N–H and O–H groups in total. The van der Waals surface area contributed by atoms with Crippen LogP contribution in [0.5, 0.6) is 0 Å².